The van der Waals surface area contributed by atoms with Crippen molar-refractivity contribution >= 4 is 0 Å². The van der Waals surface area contributed by atoms with Gasteiger partial charge in [0.15, 0.2) is 0 Å². The Balaban J connectivity index is 1.95. The van der Waals surface area contributed by atoms with Crippen molar-refractivity contribution in [3.8, 4) is 0 Å². The number of hydrogen-bond acceptors (Lipinski definition) is 2. The van der Waals surface area contributed by atoms with Gasteiger partial charge in [-0.25, -0.2) is 4.39 Å². The quantitative estimate of drug-likeness (QED) is 0.908. The van der Waals surface area contributed by atoms with Gasteiger partial charge in [0.25, 0.3) is 0 Å². The van der Waals surface area contributed by atoms with E-state index in [0.717, 1.165) is 17.5 Å². The predicted octanol–water partition coefficient (Wildman–Crippen LogP) is 3.45. The molecule has 0 spiro atoms. The number of hydrogen-bond donors (Lipinski definition) is 1. The van der Waals surface area contributed by atoms with Crippen LogP contribution >= 0.6 is 0 Å². The van der Waals surface area contributed by atoms with Crippen molar-refractivity contribution in [1.82, 2.24) is 0 Å². The van der Waals surface area contributed by atoms with E-state index in [4.69, 9.17) is 10.5 Å². The van der Waals surface area contributed by atoms with Crippen LogP contribution in [0.15, 0.2) is 42.5 Å². The molecule has 104 valence electrons. The molecule has 2 unspecified atom stereocenters. The average Bonchev–Trinajstić information content (AvgIpc) is 2.49. The van der Waals surface area contributed by atoms with Gasteiger partial charge in [-0.2, -0.15) is 0 Å². The number of aryl methyl sites for hydroxylation is 1. The normalized spacial score (nSPS) is 19.4. The van der Waals surface area contributed by atoms with Crippen molar-refractivity contribution < 1.29 is 9.13 Å². The van der Waals surface area contributed by atoms with Crippen LogP contribution in [0.5, 0.6) is 0 Å². The first kappa shape index (κ1) is 13.3. The number of nitrogens with two attached hydrogens (primary N) is 1. The second kappa shape index (κ2) is 5.35. The van der Waals surface area contributed by atoms with E-state index in [1.54, 1.807) is 13.0 Å². The summed E-state index contributed by atoms with van der Waals surface area (Å²) in [5.41, 5.74) is 10.1. The Morgan fingerprint density at radius 2 is 2.05 bits per heavy atom. The van der Waals surface area contributed by atoms with Crippen molar-refractivity contribution in [1.29, 1.82) is 0 Å². The minimum absolute atomic E-state index is 0.206. The number of ether oxygens (including phenoxy) is 1. The first-order valence-corrected chi connectivity index (χ1v) is 6.88. The molecule has 20 heavy (non-hydrogen) atoms. The van der Waals surface area contributed by atoms with E-state index in [1.807, 2.05) is 24.3 Å². The van der Waals surface area contributed by atoms with Crippen molar-refractivity contribution in [3.05, 3.63) is 70.5 Å². The molecule has 3 heteroatoms. The number of fused-ring (bicyclic) bond motifs is 1. The third-order valence-corrected chi connectivity index (χ3v) is 3.94. The van der Waals surface area contributed by atoms with Gasteiger partial charge in [0.2, 0.25) is 0 Å². The Labute approximate surface area is 118 Å². The van der Waals surface area contributed by atoms with Crippen LogP contribution in [0.1, 0.15) is 34.4 Å². The van der Waals surface area contributed by atoms with Gasteiger partial charge < -0.3 is 10.5 Å². The van der Waals surface area contributed by atoms with E-state index in [-0.39, 0.29) is 18.0 Å². The molecule has 1 heterocycles. The third kappa shape index (κ3) is 2.35. The lowest BCUT2D eigenvalue weighted by atomic mass is 9.90. The second-order valence-electron chi connectivity index (χ2n) is 5.27. The topological polar surface area (TPSA) is 35.2 Å². The smallest absolute Gasteiger partial charge is 0.126 e. The van der Waals surface area contributed by atoms with E-state index in [1.165, 1.54) is 11.6 Å². The van der Waals surface area contributed by atoms with Gasteiger partial charge >= 0.3 is 0 Å². The van der Waals surface area contributed by atoms with E-state index in [9.17, 15) is 4.39 Å². The maximum atomic E-state index is 13.7. The first-order valence-electron chi connectivity index (χ1n) is 6.88. The molecule has 0 saturated heterocycles. The molecule has 0 aliphatic carbocycles. The van der Waals surface area contributed by atoms with Crippen LogP contribution in [0.4, 0.5) is 4.39 Å². The Hall–Kier alpha value is -1.71. The van der Waals surface area contributed by atoms with Gasteiger partial charge in [0, 0.05) is 0 Å². The predicted molar refractivity (Wildman–Crippen MR) is 76.9 cm³/mol. The Bertz CT molecular complexity index is 626. The third-order valence-electron chi connectivity index (χ3n) is 3.94. The maximum absolute atomic E-state index is 13.7. The van der Waals surface area contributed by atoms with Crippen LogP contribution in [0, 0.1) is 12.7 Å². The average molecular weight is 271 g/mol. The van der Waals surface area contributed by atoms with Crippen molar-refractivity contribution in [2.75, 3.05) is 6.61 Å². The summed E-state index contributed by atoms with van der Waals surface area (Å²) in [6.07, 6.45) is 0.698. The summed E-state index contributed by atoms with van der Waals surface area (Å²) in [6.45, 7) is 2.40. The lowest BCUT2D eigenvalue weighted by Gasteiger charge is -2.30. The van der Waals surface area contributed by atoms with E-state index >= 15 is 0 Å². The zero-order valence-electron chi connectivity index (χ0n) is 11.5. The van der Waals surface area contributed by atoms with E-state index in [2.05, 4.69) is 6.07 Å². The fraction of sp³-hybridized carbons (Fsp3) is 0.294. The standard InChI is InChI=1S/C17H18FNO/c1-11-6-7-13(10-15(11)18)16(19)17-14-5-3-2-4-12(14)8-9-20-17/h2-7,10,16-17H,8-9,19H2,1H3. The molecule has 2 aromatic rings. The molecule has 0 aromatic heterocycles. The number of halogens is 1. The molecule has 3 rings (SSSR count). The zero-order valence-corrected chi connectivity index (χ0v) is 11.5. The molecule has 0 amide bonds. The van der Waals surface area contributed by atoms with Gasteiger partial charge in [-0.1, -0.05) is 36.4 Å². The number of rotatable bonds is 2. The molecule has 0 bridgehead atoms. The van der Waals surface area contributed by atoms with Gasteiger partial charge in [-0.15, -0.1) is 0 Å². The van der Waals surface area contributed by atoms with Crippen LogP contribution in [-0.4, -0.2) is 6.61 Å². The van der Waals surface area contributed by atoms with Crippen molar-refractivity contribution in [2.45, 2.75) is 25.5 Å². The molecule has 0 radical (unpaired) electrons. The summed E-state index contributed by atoms with van der Waals surface area (Å²) in [5, 5.41) is 0. The van der Waals surface area contributed by atoms with Crippen LogP contribution in [0.2, 0.25) is 0 Å². The van der Waals surface area contributed by atoms with Crippen LogP contribution in [0.25, 0.3) is 0 Å². The molecule has 1 aliphatic rings. The summed E-state index contributed by atoms with van der Waals surface area (Å²) >= 11 is 0. The van der Waals surface area contributed by atoms with Gasteiger partial charge in [0.1, 0.15) is 11.9 Å². The van der Waals surface area contributed by atoms with Crippen LogP contribution < -0.4 is 5.73 Å². The van der Waals surface area contributed by atoms with E-state index in [0.29, 0.717) is 12.2 Å². The molecule has 2 atom stereocenters. The largest absolute Gasteiger partial charge is 0.371 e. The lowest BCUT2D eigenvalue weighted by molar-refractivity contribution is 0.0240. The molecule has 0 saturated carbocycles. The fourth-order valence-electron chi connectivity index (χ4n) is 2.71. The second-order valence-corrected chi connectivity index (χ2v) is 5.27. The highest BCUT2D eigenvalue weighted by atomic mass is 19.1. The molecule has 1 aliphatic heterocycles. The SMILES string of the molecule is Cc1ccc(C(N)C2OCCc3ccccc32)cc1F. The van der Waals surface area contributed by atoms with Crippen molar-refractivity contribution in [2.24, 2.45) is 5.73 Å². The highest BCUT2D eigenvalue weighted by Crippen LogP contribution is 2.35. The van der Waals surface area contributed by atoms with E-state index < -0.39 is 0 Å². The van der Waals surface area contributed by atoms with Gasteiger partial charge in [-0.05, 0) is 41.7 Å². The fourth-order valence-corrected chi connectivity index (χ4v) is 2.71. The van der Waals surface area contributed by atoms with Gasteiger partial charge in [0.05, 0.1) is 12.6 Å². The molecule has 2 nitrogen and oxygen atoms in total. The Kier molecular flexibility index (Phi) is 3.55. The molecular weight excluding hydrogens is 253 g/mol. The summed E-state index contributed by atoms with van der Waals surface area (Å²) < 4.78 is 19.5. The van der Waals surface area contributed by atoms with Gasteiger partial charge in [-0.3, -0.25) is 0 Å². The lowest BCUT2D eigenvalue weighted by Crippen LogP contribution is -2.27. The number of benzene rings is 2. The Morgan fingerprint density at radius 1 is 1.25 bits per heavy atom. The Morgan fingerprint density at radius 3 is 2.85 bits per heavy atom. The maximum Gasteiger partial charge on any atom is 0.126 e. The highest BCUT2D eigenvalue weighted by Gasteiger charge is 2.27. The highest BCUT2D eigenvalue weighted by molar-refractivity contribution is 5.35. The van der Waals surface area contributed by atoms with Crippen LogP contribution in [-0.2, 0) is 11.2 Å². The minimum Gasteiger partial charge on any atom is -0.371 e. The first-order chi connectivity index (χ1) is 9.66. The summed E-state index contributed by atoms with van der Waals surface area (Å²) in [6, 6.07) is 13.0. The monoisotopic (exact) mass is 271 g/mol. The molecule has 2 aromatic carbocycles. The minimum atomic E-state index is -0.355. The zero-order chi connectivity index (χ0) is 14.1. The summed E-state index contributed by atoms with van der Waals surface area (Å²) in [5.74, 6) is -0.220. The van der Waals surface area contributed by atoms with Crippen LogP contribution in [0.3, 0.4) is 0 Å². The van der Waals surface area contributed by atoms with Crippen molar-refractivity contribution in [3.63, 3.8) is 0 Å². The molecule has 2 N–H and O–H groups in total. The summed E-state index contributed by atoms with van der Waals surface area (Å²) in [7, 11) is 0. The summed E-state index contributed by atoms with van der Waals surface area (Å²) in [4.78, 5) is 0. The molecule has 0 fully saturated rings. The molecular formula is C17H18FNO.